The van der Waals surface area contributed by atoms with Gasteiger partial charge in [0.2, 0.25) is 11.8 Å². The summed E-state index contributed by atoms with van der Waals surface area (Å²) in [7, 11) is 0. The molecule has 3 saturated heterocycles. The molecule has 4 atom stereocenters. The molecular formula is C20H24N5NaO6S. The maximum atomic E-state index is 13.1. The molecule has 33 heavy (non-hydrogen) atoms. The molecule has 13 heteroatoms. The van der Waals surface area contributed by atoms with Gasteiger partial charge in [0, 0.05) is 17.8 Å². The normalized spacial score (nSPS) is 25.8. The molecule has 0 aliphatic carbocycles. The molecule has 6 amide bonds. The van der Waals surface area contributed by atoms with E-state index in [1.807, 2.05) is 0 Å². The number of amides is 6. The SMILES string of the molecule is CC1(C)S[C@@H]2[C@H](NC(=O)C(NC(=O)N3CCNC3=O)c3ccccc3)C(=O)N2[C@H]1C(=O)O.[NaH]. The van der Waals surface area contributed by atoms with E-state index in [-0.39, 0.29) is 36.1 Å². The van der Waals surface area contributed by atoms with Crippen molar-refractivity contribution in [3.05, 3.63) is 35.9 Å². The zero-order chi connectivity index (χ0) is 23.2. The molecule has 0 aromatic heterocycles. The summed E-state index contributed by atoms with van der Waals surface area (Å²) >= 11 is 1.31. The summed E-state index contributed by atoms with van der Waals surface area (Å²) in [4.78, 5) is 64.2. The standard InChI is InChI=1S/C20H23N5O6S.Na.H/c1-20(2)13(17(28)29)25-15(27)12(16(25)32-20)22-14(26)11(10-6-4-3-5-7-10)23-19(31)24-9-8-21-18(24)30;;/h3-7,11-13,16H,8-9H2,1-2H3,(H,21,30)(H,22,26)(H,23,31)(H,28,29);;/t11?,12-,13+,16-;;/m1../s1. The number of urea groups is 2. The Labute approximate surface area is 216 Å². The van der Waals surface area contributed by atoms with Crippen LogP contribution in [0.3, 0.4) is 0 Å². The van der Waals surface area contributed by atoms with Gasteiger partial charge >= 0.3 is 47.6 Å². The molecule has 0 bridgehead atoms. The zero-order valence-corrected chi connectivity index (χ0v) is 18.2. The van der Waals surface area contributed by atoms with E-state index in [1.54, 1.807) is 44.2 Å². The van der Waals surface area contributed by atoms with Crippen molar-refractivity contribution in [2.45, 2.75) is 42.1 Å². The van der Waals surface area contributed by atoms with Gasteiger partial charge in [0.15, 0.2) is 0 Å². The molecule has 172 valence electrons. The number of benzene rings is 1. The van der Waals surface area contributed by atoms with Gasteiger partial charge in [-0.1, -0.05) is 30.3 Å². The van der Waals surface area contributed by atoms with Crippen LogP contribution in [0.5, 0.6) is 0 Å². The van der Waals surface area contributed by atoms with Gasteiger partial charge in [-0.05, 0) is 19.4 Å². The van der Waals surface area contributed by atoms with Crippen LogP contribution in [0.15, 0.2) is 30.3 Å². The number of carboxylic acid groups (broad SMARTS) is 1. The number of rotatable bonds is 5. The fourth-order valence-electron chi connectivity index (χ4n) is 4.19. The van der Waals surface area contributed by atoms with Gasteiger partial charge in [0.05, 0.1) is 0 Å². The van der Waals surface area contributed by atoms with E-state index in [0.717, 1.165) is 4.90 Å². The van der Waals surface area contributed by atoms with Crippen molar-refractivity contribution in [3.8, 4) is 0 Å². The van der Waals surface area contributed by atoms with Crippen LogP contribution in [-0.4, -0.2) is 110 Å². The fourth-order valence-corrected chi connectivity index (χ4v) is 5.82. The first kappa shape index (κ1) is 25.3. The van der Waals surface area contributed by atoms with E-state index in [1.165, 1.54) is 16.7 Å². The van der Waals surface area contributed by atoms with Crippen molar-refractivity contribution >= 4 is 71.2 Å². The molecule has 4 N–H and O–H groups in total. The summed E-state index contributed by atoms with van der Waals surface area (Å²) in [5, 5.41) is 16.8. The van der Waals surface area contributed by atoms with Gasteiger partial charge in [-0.2, -0.15) is 0 Å². The molecule has 3 aliphatic heterocycles. The number of hydrogen-bond acceptors (Lipinski definition) is 6. The van der Waals surface area contributed by atoms with Crippen molar-refractivity contribution < 1.29 is 29.1 Å². The molecule has 1 aromatic rings. The van der Waals surface area contributed by atoms with E-state index in [2.05, 4.69) is 16.0 Å². The monoisotopic (exact) mass is 485 g/mol. The number of β-lactam (4-membered cyclic amide) rings is 1. The quantitative estimate of drug-likeness (QED) is 0.323. The molecule has 1 unspecified atom stereocenters. The topological polar surface area (TPSA) is 148 Å². The van der Waals surface area contributed by atoms with E-state index in [9.17, 15) is 29.1 Å². The maximum absolute atomic E-state index is 13.1. The van der Waals surface area contributed by atoms with Gasteiger partial charge < -0.3 is 26.0 Å². The second-order valence-corrected chi connectivity index (χ2v) is 10.0. The van der Waals surface area contributed by atoms with Crippen LogP contribution in [0.2, 0.25) is 0 Å². The van der Waals surface area contributed by atoms with E-state index in [4.69, 9.17) is 0 Å². The third-order valence-electron chi connectivity index (χ3n) is 5.74. The van der Waals surface area contributed by atoms with Crippen LogP contribution >= 0.6 is 11.8 Å². The van der Waals surface area contributed by atoms with Crippen LogP contribution in [0.1, 0.15) is 25.5 Å². The first-order valence-electron chi connectivity index (χ1n) is 10.1. The number of fused-ring (bicyclic) bond motifs is 1. The summed E-state index contributed by atoms with van der Waals surface area (Å²) in [6.45, 7) is 3.98. The Balaban J connectivity index is 0.00000306. The summed E-state index contributed by atoms with van der Waals surface area (Å²) in [6.07, 6.45) is 0. The van der Waals surface area contributed by atoms with E-state index >= 15 is 0 Å². The molecule has 0 spiro atoms. The van der Waals surface area contributed by atoms with Crippen LogP contribution in [-0.2, 0) is 14.4 Å². The predicted molar refractivity (Wildman–Crippen MR) is 121 cm³/mol. The second-order valence-electron chi connectivity index (χ2n) is 8.26. The number of nitrogens with zero attached hydrogens (tertiary/aromatic N) is 2. The minimum absolute atomic E-state index is 0. The van der Waals surface area contributed by atoms with Crippen LogP contribution in [0.25, 0.3) is 0 Å². The number of carboxylic acids is 1. The summed E-state index contributed by atoms with van der Waals surface area (Å²) in [5.41, 5.74) is 0.476. The van der Waals surface area contributed by atoms with Crippen LogP contribution in [0, 0.1) is 0 Å². The van der Waals surface area contributed by atoms with Crippen LogP contribution in [0.4, 0.5) is 9.59 Å². The Bertz CT molecular complexity index is 992. The van der Waals surface area contributed by atoms with Gasteiger partial charge in [0.25, 0.3) is 0 Å². The average Bonchev–Trinajstić information content (AvgIpc) is 3.29. The Morgan fingerprint density at radius 2 is 1.88 bits per heavy atom. The number of carbonyl (C=O) groups is 5. The summed E-state index contributed by atoms with van der Waals surface area (Å²) < 4.78 is -0.720. The van der Waals surface area contributed by atoms with Gasteiger partial charge in [-0.25, -0.2) is 19.3 Å². The summed E-state index contributed by atoms with van der Waals surface area (Å²) in [5.74, 6) is -2.20. The summed E-state index contributed by atoms with van der Waals surface area (Å²) in [6, 6.07) is 4.14. The third kappa shape index (κ3) is 4.57. The third-order valence-corrected chi connectivity index (χ3v) is 7.31. The molecule has 0 radical (unpaired) electrons. The minimum atomic E-state index is -1.14. The van der Waals surface area contributed by atoms with Crippen molar-refractivity contribution in [3.63, 3.8) is 0 Å². The Morgan fingerprint density at radius 3 is 2.45 bits per heavy atom. The number of thioether (sulfide) groups is 1. The van der Waals surface area contributed by atoms with Gasteiger partial charge in [-0.3, -0.25) is 9.59 Å². The van der Waals surface area contributed by atoms with Crippen LogP contribution < -0.4 is 16.0 Å². The number of aliphatic carboxylic acids is 1. The first-order chi connectivity index (χ1) is 15.1. The number of imide groups is 1. The van der Waals surface area contributed by atoms with Crippen molar-refractivity contribution in [1.29, 1.82) is 0 Å². The zero-order valence-electron chi connectivity index (χ0n) is 17.4. The van der Waals surface area contributed by atoms with Crippen molar-refractivity contribution in [1.82, 2.24) is 25.8 Å². The number of nitrogens with one attached hydrogen (secondary N) is 3. The second kappa shape index (κ2) is 9.53. The van der Waals surface area contributed by atoms with Crippen molar-refractivity contribution in [2.75, 3.05) is 13.1 Å². The molecule has 0 saturated carbocycles. The van der Waals surface area contributed by atoms with E-state index < -0.39 is 58.1 Å². The van der Waals surface area contributed by atoms with Gasteiger partial charge in [-0.15, -0.1) is 11.8 Å². The molecule has 3 aliphatic rings. The number of carbonyl (C=O) groups excluding carboxylic acids is 4. The number of hydrogen-bond donors (Lipinski definition) is 4. The van der Waals surface area contributed by atoms with Crippen molar-refractivity contribution in [2.24, 2.45) is 0 Å². The van der Waals surface area contributed by atoms with Gasteiger partial charge in [0.1, 0.15) is 23.5 Å². The Hall–Kier alpha value is -2.28. The average molecular weight is 485 g/mol. The molecule has 11 nitrogen and oxygen atoms in total. The van der Waals surface area contributed by atoms with E-state index in [0.29, 0.717) is 12.1 Å². The fraction of sp³-hybridized carbons (Fsp3) is 0.450. The Morgan fingerprint density at radius 1 is 1.21 bits per heavy atom. The molecular weight excluding hydrogens is 461 g/mol. The Kier molecular flexibility index (Phi) is 7.32. The molecule has 4 rings (SSSR count). The first-order valence-corrected chi connectivity index (χ1v) is 10.9. The molecule has 1 aromatic carbocycles. The molecule has 3 fully saturated rings. The predicted octanol–water partition coefficient (Wildman–Crippen LogP) is -0.554. The molecule has 3 heterocycles.